The molecule has 1 aromatic heterocycles. The number of rotatable bonds is 2. The molecule has 2 rings (SSSR count). The summed E-state index contributed by atoms with van der Waals surface area (Å²) in [5, 5.41) is 1.07. The second-order valence-electron chi connectivity index (χ2n) is 4.40. The number of hydrogen-bond donors (Lipinski definition) is 0. The summed E-state index contributed by atoms with van der Waals surface area (Å²) in [6, 6.07) is 1.95. The molecule has 0 aliphatic rings. The van der Waals surface area contributed by atoms with Crippen molar-refractivity contribution in [2.45, 2.75) is 27.7 Å². The molecular weight excluding hydrogens is 212 g/mol. The lowest BCUT2D eigenvalue weighted by molar-refractivity contribution is -0.112. The van der Waals surface area contributed by atoms with Crippen molar-refractivity contribution in [3.05, 3.63) is 40.7 Å². The van der Waals surface area contributed by atoms with Crippen LogP contribution >= 0.6 is 0 Å². The SMILES string of the molecule is CC(=O)C=Cc1c(C)c(C)c(C)c2occc12. The van der Waals surface area contributed by atoms with Crippen molar-refractivity contribution in [2.24, 2.45) is 0 Å². The van der Waals surface area contributed by atoms with Gasteiger partial charge in [-0.15, -0.1) is 0 Å². The number of fused-ring (bicyclic) bond motifs is 1. The molecule has 0 fully saturated rings. The van der Waals surface area contributed by atoms with E-state index >= 15 is 0 Å². The number of allylic oxidation sites excluding steroid dienone is 1. The first kappa shape index (κ1) is 11.6. The van der Waals surface area contributed by atoms with Gasteiger partial charge in [-0.05, 0) is 62.1 Å². The Kier molecular flexibility index (Phi) is 2.88. The molecule has 0 saturated carbocycles. The lowest BCUT2D eigenvalue weighted by atomic mass is 9.94. The highest BCUT2D eigenvalue weighted by Gasteiger charge is 2.12. The standard InChI is InChI=1S/C15H16O2/c1-9(16)5-6-13-11(3)10(2)12(4)15-14(13)7-8-17-15/h5-8H,1-4H3. The van der Waals surface area contributed by atoms with Gasteiger partial charge in [-0.2, -0.15) is 0 Å². The van der Waals surface area contributed by atoms with Crippen LogP contribution in [0.5, 0.6) is 0 Å². The number of furan rings is 1. The van der Waals surface area contributed by atoms with Crippen LogP contribution in [0.2, 0.25) is 0 Å². The second-order valence-corrected chi connectivity index (χ2v) is 4.40. The van der Waals surface area contributed by atoms with E-state index in [-0.39, 0.29) is 5.78 Å². The largest absolute Gasteiger partial charge is 0.464 e. The molecule has 0 unspecified atom stereocenters. The summed E-state index contributed by atoms with van der Waals surface area (Å²) in [6.45, 7) is 7.78. The Hall–Kier alpha value is -1.83. The number of ketones is 1. The fourth-order valence-corrected chi connectivity index (χ4v) is 2.08. The van der Waals surface area contributed by atoms with Crippen LogP contribution in [-0.4, -0.2) is 5.78 Å². The molecule has 0 atom stereocenters. The molecule has 17 heavy (non-hydrogen) atoms. The van der Waals surface area contributed by atoms with Crippen LogP contribution in [0, 0.1) is 20.8 Å². The van der Waals surface area contributed by atoms with Gasteiger partial charge in [-0.1, -0.05) is 6.08 Å². The Morgan fingerprint density at radius 3 is 2.53 bits per heavy atom. The summed E-state index contributed by atoms with van der Waals surface area (Å²) in [5.41, 5.74) is 5.58. The summed E-state index contributed by atoms with van der Waals surface area (Å²) < 4.78 is 5.51. The topological polar surface area (TPSA) is 30.2 Å². The molecule has 0 bridgehead atoms. The van der Waals surface area contributed by atoms with Crippen molar-refractivity contribution in [1.29, 1.82) is 0 Å². The van der Waals surface area contributed by atoms with E-state index in [1.54, 1.807) is 19.3 Å². The molecule has 0 aliphatic heterocycles. The zero-order valence-corrected chi connectivity index (χ0v) is 10.6. The Morgan fingerprint density at radius 1 is 1.18 bits per heavy atom. The number of aryl methyl sites for hydroxylation is 1. The van der Waals surface area contributed by atoms with Crippen molar-refractivity contribution in [1.82, 2.24) is 0 Å². The summed E-state index contributed by atoms with van der Waals surface area (Å²) in [7, 11) is 0. The van der Waals surface area contributed by atoms with E-state index in [9.17, 15) is 4.79 Å². The third-order valence-corrected chi connectivity index (χ3v) is 3.31. The van der Waals surface area contributed by atoms with Crippen LogP contribution in [0.15, 0.2) is 22.8 Å². The average Bonchev–Trinajstić information content (AvgIpc) is 2.74. The van der Waals surface area contributed by atoms with Crippen LogP contribution in [0.3, 0.4) is 0 Å². The van der Waals surface area contributed by atoms with Crippen LogP contribution in [0.4, 0.5) is 0 Å². The summed E-state index contributed by atoms with van der Waals surface area (Å²) in [6.07, 6.45) is 5.17. The lowest BCUT2D eigenvalue weighted by Crippen LogP contribution is -1.92. The Bertz CT molecular complexity index is 615. The van der Waals surface area contributed by atoms with Crippen LogP contribution in [0.1, 0.15) is 29.2 Å². The molecule has 0 N–H and O–H groups in total. The third-order valence-electron chi connectivity index (χ3n) is 3.31. The van der Waals surface area contributed by atoms with Crippen molar-refractivity contribution in [3.63, 3.8) is 0 Å². The summed E-state index contributed by atoms with van der Waals surface area (Å²) in [5.74, 6) is 0.0549. The first-order valence-corrected chi connectivity index (χ1v) is 5.68. The number of benzene rings is 1. The maximum Gasteiger partial charge on any atom is 0.152 e. The smallest absolute Gasteiger partial charge is 0.152 e. The maximum absolute atomic E-state index is 11.0. The molecule has 0 radical (unpaired) electrons. The molecular formula is C15H16O2. The highest BCUT2D eigenvalue weighted by atomic mass is 16.3. The van der Waals surface area contributed by atoms with Crippen molar-refractivity contribution in [2.75, 3.05) is 0 Å². The number of carbonyl (C=O) groups excluding carboxylic acids is 1. The van der Waals surface area contributed by atoms with Gasteiger partial charge in [0.25, 0.3) is 0 Å². The van der Waals surface area contributed by atoms with Gasteiger partial charge in [0, 0.05) is 5.39 Å². The highest BCUT2D eigenvalue weighted by molar-refractivity contribution is 5.97. The van der Waals surface area contributed by atoms with Crippen LogP contribution in [-0.2, 0) is 4.79 Å². The Labute approximate surface area is 101 Å². The predicted octanol–water partition coefficient (Wildman–Crippen LogP) is 3.96. The van der Waals surface area contributed by atoms with Gasteiger partial charge in [0.1, 0.15) is 5.58 Å². The Morgan fingerprint density at radius 2 is 1.88 bits per heavy atom. The van der Waals surface area contributed by atoms with Gasteiger partial charge in [0.05, 0.1) is 6.26 Å². The predicted molar refractivity (Wildman–Crippen MR) is 70.1 cm³/mol. The Balaban J connectivity index is 2.77. The van der Waals surface area contributed by atoms with E-state index in [0.29, 0.717) is 0 Å². The molecule has 88 valence electrons. The number of hydrogen-bond acceptors (Lipinski definition) is 2. The maximum atomic E-state index is 11.0. The average molecular weight is 228 g/mol. The molecule has 2 aromatic rings. The van der Waals surface area contributed by atoms with Gasteiger partial charge >= 0.3 is 0 Å². The zero-order chi connectivity index (χ0) is 12.6. The van der Waals surface area contributed by atoms with E-state index in [0.717, 1.165) is 16.5 Å². The number of carbonyl (C=O) groups is 1. The van der Waals surface area contributed by atoms with Crippen molar-refractivity contribution in [3.8, 4) is 0 Å². The van der Waals surface area contributed by atoms with Gasteiger partial charge in [-0.25, -0.2) is 0 Å². The van der Waals surface area contributed by atoms with Crippen molar-refractivity contribution < 1.29 is 9.21 Å². The molecule has 0 spiro atoms. The molecule has 0 amide bonds. The van der Waals surface area contributed by atoms with Gasteiger partial charge in [-0.3, -0.25) is 4.79 Å². The minimum atomic E-state index is 0.0549. The minimum Gasteiger partial charge on any atom is -0.464 e. The van der Waals surface area contributed by atoms with Gasteiger partial charge < -0.3 is 4.42 Å². The van der Waals surface area contributed by atoms with Crippen LogP contribution < -0.4 is 0 Å². The van der Waals surface area contributed by atoms with E-state index < -0.39 is 0 Å². The molecule has 1 aromatic carbocycles. The molecule has 1 heterocycles. The fraction of sp³-hybridized carbons (Fsp3) is 0.267. The van der Waals surface area contributed by atoms with E-state index in [4.69, 9.17) is 4.42 Å². The minimum absolute atomic E-state index is 0.0549. The summed E-state index contributed by atoms with van der Waals surface area (Å²) >= 11 is 0. The highest BCUT2D eigenvalue weighted by Crippen LogP contribution is 2.31. The molecule has 2 heteroatoms. The van der Waals surface area contributed by atoms with Crippen molar-refractivity contribution >= 4 is 22.8 Å². The molecule has 2 nitrogen and oxygen atoms in total. The van der Waals surface area contributed by atoms with E-state index in [2.05, 4.69) is 20.8 Å². The second kappa shape index (κ2) is 4.21. The zero-order valence-electron chi connectivity index (χ0n) is 10.6. The van der Waals surface area contributed by atoms with Gasteiger partial charge in [0.15, 0.2) is 5.78 Å². The van der Waals surface area contributed by atoms with E-state index in [1.165, 1.54) is 16.7 Å². The first-order chi connectivity index (χ1) is 8.02. The normalized spacial score (nSPS) is 11.5. The fourth-order valence-electron chi connectivity index (χ4n) is 2.08. The lowest BCUT2D eigenvalue weighted by Gasteiger charge is -2.10. The first-order valence-electron chi connectivity index (χ1n) is 5.68. The van der Waals surface area contributed by atoms with E-state index in [1.807, 2.05) is 12.1 Å². The molecule has 0 saturated heterocycles. The monoisotopic (exact) mass is 228 g/mol. The quantitative estimate of drug-likeness (QED) is 0.728. The third kappa shape index (κ3) is 1.91. The molecule has 0 aliphatic carbocycles. The van der Waals surface area contributed by atoms with Gasteiger partial charge in [0.2, 0.25) is 0 Å². The summed E-state index contributed by atoms with van der Waals surface area (Å²) in [4.78, 5) is 11.0. The van der Waals surface area contributed by atoms with Crippen LogP contribution in [0.25, 0.3) is 17.0 Å².